The molecule has 0 unspecified atom stereocenters. The largest absolute Gasteiger partial charge is 0.460 e. The van der Waals surface area contributed by atoms with E-state index in [9.17, 15) is 14.4 Å². The van der Waals surface area contributed by atoms with Gasteiger partial charge in [0, 0.05) is 13.1 Å². The van der Waals surface area contributed by atoms with E-state index in [0.29, 0.717) is 0 Å². The molecule has 162 valence electrons. The minimum absolute atomic E-state index is 0.111. The molecule has 9 heteroatoms. The molecule has 2 amide bonds. The van der Waals surface area contributed by atoms with Crippen LogP contribution < -0.4 is 10.9 Å². The molecule has 0 fully saturated rings. The van der Waals surface area contributed by atoms with Crippen LogP contribution in [-0.4, -0.2) is 59.8 Å². The number of carbonyl (C=O) groups excluding carboxylic acids is 3. The molecule has 0 spiro atoms. The standard InChI is InChI=1S/C20H32N4O5/c1-15(2)24(22-19(27)29-20(3,4)5)12-17(25)21-23(6)13-18(26)28-14-16-10-8-7-9-11-16/h7-11,15H,12-14H2,1-6H3,(H,21,25)(H,22,27). The Hall–Kier alpha value is -2.65. The maximum Gasteiger partial charge on any atom is 0.422 e. The van der Waals surface area contributed by atoms with Gasteiger partial charge >= 0.3 is 12.1 Å². The van der Waals surface area contributed by atoms with Gasteiger partial charge in [-0.25, -0.2) is 14.8 Å². The van der Waals surface area contributed by atoms with E-state index < -0.39 is 23.6 Å². The molecule has 0 radical (unpaired) electrons. The Balaban J connectivity index is 2.43. The first kappa shape index (κ1) is 24.4. The molecule has 9 nitrogen and oxygen atoms in total. The number of nitrogens with one attached hydrogen (secondary N) is 2. The average Bonchev–Trinajstić information content (AvgIpc) is 2.58. The van der Waals surface area contributed by atoms with Crippen molar-refractivity contribution in [1.29, 1.82) is 0 Å². The number of hydrogen-bond acceptors (Lipinski definition) is 7. The van der Waals surface area contributed by atoms with Gasteiger partial charge in [0.2, 0.25) is 5.91 Å². The molecular formula is C20H32N4O5. The molecule has 0 saturated carbocycles. The lowest BCUT2D eigenvalue weighted by Gasteiger charge is -2.29. The molecular weight excluding hydrogens is 376 g/mol. The summed E-state index contributed by atoms with van der Waals surface area (Å²) in [5, 5.41) is 2.78. The summed E-state index contributed by atoms with van der Waals surface area (Å²) in [4.78, 5) is 36.1. The van der Waals surface area contributed by atoms with Crippen LogP contribution in [0.4, 0.5) is 4.79 Å². The van der Waals surface area contributed by atoms with Gasteiger partial charge in [0.25, 0.3) is 0 Å². The molecule has 1 aromatic carbocycles. The number of esters is 1. The predicted octanol–water partition coefficient (Wildman–Crippen LogP) is 1.84. The number of benzene rings is 1. The first-order chi connectivity index (χ1) is 13.5. The predicted molar refractivity (Wildman–Crippen MR) is 108 cm³/mol. The van der Waals surface area contributed by atoms with E-state index in [4.69, 9.17) is 9.47 Å². The Kier molecular flexibility index (Phi) is 9.57. The molecule has 0 aromatic heterocycles. The van der Waals surface area contributed by atoms with Crippen LogP contribution in [0, 0.1) is 0 Å². The maximum absolute atomic E-state index is 12.3. The number of likely N-dealkylation sites (N-methyl/N-ethyl adjacent to an activating group) is 1. The highest BCUT2D eigenvalue weighted by Gasteiger charge is 2.22. The second-order valence-electron chi connectivity index (χ2n) is 7.87. The molecule has 29 heavy (non-hydrogen) atoms. The molecule has 0 aliphatic carbocycles. The van der Waals surface area contributed by atoms with Crippen LogP contribution in [0.15, 0.2) is 30.3 Å². The summed E-state index contributed by atoms with van der Waals surface area (Å²) in [7, 11) is 1.56. The lowest BCUT2D eigenvalue weighted by atomic mass is 10.2. The van der Waals surface area contributed by atoms with Gasteiger partial charge in [-0.2, -0.15) is 0 Å². The van der Waals surface area contributed by atoms with E-state index in [1.807, 2.05) is 44.2 Å². The Morgan fingerprint density at radius 3 is 2.21 bits per heavy atom. The third kappa shape index (κ3) is 11.1. The molecule has 0 bridgehead atoms. The number of carbonyl (C=O) groups is 3. The van der Waals surface area contributed by atoms with Gasteiger partial charge in [0.1, 0.15) is 18.8 Å². The van der Waals surface area contributed by atoms with Gasteiger partial charge in [-0.15, -0.1) is 0 Å². The summed E-state index contributed by atoms with van der Waals surface area (Å²) < 4.78 is 10.4. The maximum atomic E-state index is 12.3. The first-order valence-electron chi connectivity index (χ1n) is 9.42. The zero-order chi connectivity index (χ0) is 22.0. The third-order valence-corrected chi connectivity index (χ3v) is 3.50. The molecule has 0 aliphatic rings. The van der Waals surface area contributed by atoms with E-state index >= 15 is 0 Å². The van der Waals surface area contributed by atoms with Crippen LogP contribution in [0.5, 0.6) is 0 Å². The molecule has 0 aliphatic heterocycles. The zero-order valence-corrected chi connectivity index (χ0v) is 18.0. The fourth-order valence-electron chi connectivity index (χ4n) is 2.19. The number of hydrazine groups is 2. The molecule has 2 N–H and O–H groups in total. The van der Waals surface area contributed by atoms with Crippen molar-refractivity contribution in [1.82, 2.24) is 20.9 Å². The number of hydrogen-bond donors (Lipinski definition) is 2. The quantitative estimate of drug-likeness (QED) is 0.475. The monoisotopic (exact) mass is 408 g/mol. The fraction of sp³-hybridized carbons (Fsp3) is 0.550. The van der Waals surface area contributed by atoms with Crippen molar-refractivity contribution in [3.8, 4) is 0 Å². The molecule has 1 aromatic rings. The third-order valence-electron chi connectivity index (χ3n) is 3.50. The highest BCUT2D eigenvalue weighted by molar-refractivity contribution is 5.79. The van der Waals surface area contributed by atoms with E-state index in [1.54, 1.807) is 27.8 Å². The molecule has 1 rings (SSSR count). The van der Waals surface area contributed by atoms with Crippen LogP contribution in [0.25, 0.3) is 0 Å². The van der Waals surface area contributed by atoms with Crippen LogP contribution in [-0.2, 0) is 25.7 Å². The fourth-order valence-corrected chi connectivity index (χ4v) is 2.19. The van der Waals surface area contributed by atoms with Crippen molar-refractivity contribution in [2.45, 2.75) is 52.9 Å². The average molecular weight is 408 g/mol. The van der Waals surface area contributed by atoms with Crippen molar-refractivity contribution in [2.24, 2.45) is 0 Å². The van der Waals surface area contributed by atoms with Gasteiger partial charge in [-0.1, -0.05) is 30.3 Å². The minimum atomic E-state index is -0.644. The first-order valence-corrected chi connectivity index (χ1v) is 9.42. The Morgan fingerprint density at radius 2 is 1.66 bits per heavy atom. The van der Waals surface area contributed by atoms with E-state index in [0.717, 1.165) is 5.56 Å². The van der Waals surface area contributed by atoms with E-state index in [-0.39, 0.29) is 25.7 Å². The summed E-state index contributed by atoms with van der Waals surface area (Å²) in [5.41, 5.74) is 5.37. The number of amides is 2. The lowest BCUT2D eigenvalue weighted by molar-refractivity contribution is -0.147. The smallest absolute Gasteiger partial charge is 0.422 e. The van der Waals surface area contributed by atoms with Gasteiger partial charge in [0.05, 0.1) is 6.54 Å². The lowest BCUT2D eigenvalue weighted by Crippen LogP contribution is -2.54. The van der Waals surface area contributed by atoms with Crippen molar-refractivity contribution >= 4 is 18.0 Å². The topological polar surface area (TPSA) is 100 Å². The Bertz CT molecular complexity index is 673. The van der Waals surface area contributed by atoms with Crippen LogP contribution >= 0.6 is 0 Å². The normalized spacial score (nSPS) is 11.5. The summed E-state index contributed by atoms with van der Waals surface area (Å²) in [5.74, 6) is -0.864. The second-order valence-corrected chi connectivity index (χ2v) is 7.87. The molecule has 0 heterocycles. The zero-order valence-electron chi connectivity index (χ0n) is 18.0. The molecule has 0 saturated heterocycles. The van der Waals surface area contributed by atoms with Gasteiger partial charge < -0.3 is 9.47 Å². The van der Waals surface area contributed by atoms with Crippen molar-refractivity contribution < 1.29 is 23.9 Å². The SMILES string of the molecule is CC(C)N(CC(=O)NN(C)CC(=O)OCc1ccccc1)NC(=O)OC(C)(C)C. The highest BCUT2D eigenvalue weighted by Crippen LogP contribution is 2.07. The summed E-state index contributed by atoms with van der Waals surface area (Å²) in [6.45, 7) is 8.87. The number of rotatable bonds is 9. The highest BCUT2D eigenvalue weighted by atomic mass is 16.6. The van der Waals surface area contributed by atoms with Crippen LogP contribution in [0.2, 0.25) is 0 Å². The Labute approximate surface area is 172 Å². The summed E-state index contributed by atoms with van der Waals surface area (Å²) >= 11 is 0. The second kappa shape index (κ2) is 11.4. The van der Waals surface area contributed by atoms with Crippen LogP contribution in [0.1, 0.15) is 40.2 Å². The van der Waals surface area contributed by atoms with Gasteiger partial charge in [-0.05, 0) is 40.2 Å². The van der Waals surface area contributed by atoms with Crippen LogP contribution in [0.3, 0.4) is 0 Å². The Morgan fingerprint density at radius 1 is 1.03 bits per heavy atom. The van der Waals surface area contributed by atoms with Crippen molar-refractivity contribution in [3.05, 3.63) is 35.9 Å². The van der Waals surface area contributed by atoms with Gasteiger partial charge in [0.15, 0.2) is 0 Å². The van der Waals surface area contributed by atoms with Crippen molar-refractivity contribution in [2.75, 3.05) is 20.1 Å². The van der Waals surface area contributed by atoms with Crippen molar-refractivity contribution in [3.63, 3.8) is 0 Å². The van der Waals surface area contributed by atoms with E-state index in [2.05, 4.69) is 10.9 Å². The number of ether oxygens (including phenoxy) is 2. The van der Waals surface area contributed by atoms with E-state index in [1.165, 1.54) is 10.0 Å². The van der Waals surface area contributed by atoms with Gasteiger partial charge in [-0.3, -0.25) is 20.4 Å². The summed E-state index contributed by atoms with van der Waals surface area (Å²) in [6.07, 6.45) is -0.642. The molecule has 0 atom stereocenters. The summed E-state index contributed by atoms with van der Waals surface area (Å²) in [6, 6.07) is 9.18. The minimum Gasteiger partial charge on any atom is -0.460 e. The number of nitrogens with zero attached hydrogens (tertiary/aromatic N) is 2.